The Morgan fingerprint density at radius 3 is 2.77 bits per heavy atom. The minimum Gasteiger partial charge on any atom is -0.506 e. The van der Waals surface area contributed by atoms with E-state index < -0.39 is 0 Å². The van der Waals surface area contributed by atoms with Gasteiger partial charge < -0.3 is 14.4 Å². The summed E-state index contributed by atoms with van der Waals surface area (Å²) in [5, 5.41) is 11.4. The number of ether oxygens (including phenoxy) is 1. The van der Waals surface area contributed by atoms with E-state index in [9.17, 15) is 9.90 Å². The Morgan fingerprint density at radius 1 is 1.31 bits per heavy atom. The van der Waals surface area contributed by atoms with Crippen molar-refractivity contribution >= 4 is 17.1 Å². The number of benzene rings is 1. The second-order valence-electron chi connectivity index (χ2n) is 7.03. The van der Waals surface area contributed by atoms with Crippen LogP contribution in [0, 0.1) is 0 Å². The molecular weight excluding hydrogens is 328 g/mol. The van der Waals surface area contributed by atoms with Crippen LogP contribution < -0.4 is 10.3 Å². The van der Waals surface area contributed by atoms with Gasteiger partial charge in [-0.2, -0.15) is 0 Å². The molecule has 1 saturated carbocycles. The van der Waals surface area contributed by atoms with Crippen LogP contribution in [0.4, 0.5) is 0 Å². The lowest BCUT2D eigenvalue weighted by molar-refractivity contribution is 0.415. The molecule has 5 nitrogen and oxygen atoms in total. The normalized spacial score (nSPS) is 15.8. The molecule has 0 radical (unpaired) electrons. The fourth-order valence-corrected chi connectivity index (χ4v) is 3.63. The van der Waals surface area contributed by atoms with E-state index in [1.54, 1.807) is 24.0 Å². The minimum atomic E-state index is -0.173. The Hall–Kier alpha value is -2.30. The van der Waals surface area contributed by atoms with Gasteiger partial charge in [0.1, 0.15) is 17.1 Å². The molecule has 1 N–H and O–H groups in total. The number of aryl methyl sites for hydroxylation is 1. The van der Waals surface area contributed by atoms with Crippen molar-refractivity contribution in [3.8, 4) is 11.5 Å². The van der Waals surface area contributed by atoms with Crippen LogP contribution in [-0.2, 0) is 6.54 Å². The average Bonchev–Trinajstić information content (AvgIpc) is 2.68. The lowest BCUT2D eigenvalue weighted by Gasteiger charge is -2.18. The second-order valence-corrected chi connectivity index (χ2v) is 7.03. The number of aliphatic imine (C=N–C) groups is 1. The number of hydrogen-bond acceptors (Lipinski definition) is 4. The van der Waals surface area contributed by atoms with E-state index in [1.807, 2.05) is 12.1 Å². The van der Waals surface area contributed by atoms with E-state index in [4.69, 9.17) is 4.74 Å². The molecule has 5 heteroatoms. The van der Waals surface area contributed by atoms with Gasteiger partial charge in [0.15, 0.2) is 0 Å². The Kier molecular flexibility index (Phi) is 5.96. The van der Waals surface area contributed by atoms with Crippen LogP contribution in [0.25, 0.3) is 10.9 Å². The molecule has 0 spiro atoms. The molecule has 0 bridgehead atoms. The first-order chi connectivity index (χ1) is 12.7. The molecule has 26 heavy (non-hydrogen) atoms. The van der Waals surface area contributed by atoms with Crippen LogP contribution in [0.1, 0.15) is 57.4 Å². The number of hydrogen-bond donors (Lipinski definition) is 1. The quantitative estimate of drug-likeness (QED) is 0.786. The summed E-state index contributed by atoms with van der Waals surface area (Å²) in [7, 11) is 1.59. The molecule has 0 saturated heterocycles. The van der Waals surface area contributed by atoms with Crippen molar-refractivity contribution in [3.63, 3.8) is 0 Å². The molecule has 0 aliphatic heterocycles. The molecule has 1 fully saturated rings. The summed E-state index contributed by atoms with van der Waals surface area (Å²) in [6.45, 7) is 2.73. The summed E-state index contributed by atoms with van der Waals surface area (Å²) >= 11 is 0. The van der Waals surface area contributed by atoms with Gasteiger partial charge in [-0.25, -0.2) is 0 Å². The van der Waals surface area contributed by atoms with Crippen LogP contribution in [0.3, 0.4) is 0 Å². The van der Waals surface area contributed by atoms with Gasteiger partial charge in [-0.1, -0.05) is 32.6 Å². The zero-order chi connectivity index (χ0) is 18.5. The highest BCUT2D eigenvalue weighted by molar-refractivity contribution is 5.95. The van der Waals surface area contributed by atoms with Gasteiger partial charge in [-0.3, -0.25) is 9.79 Å². The maximum absolute atomic E-state index is 13.0. The Labute approximate surface area is 154 Å². The number of pyridine rings is 1. The standard InChI is InChI=1S/C21H28N2O3/c1-3-4-12-23-19-11-10-16(26-2)13-17(19)20(24)18(21(23)25)14-22-15-8-6-5-7-9-15/h10-11,13-15,24H,3-9,12H2,1-2H3. The topological polar surface area (TPSA) is 63.8 Å². The molecule has 2 aromatic rings. The number of unbranched alkanes of at least 4 members (excludes halogenated alkanes) is 1. The van der Waals surface area contributed by atoms with Gasteiger partial charge in [0.2, 0.25) is 0 Å². The summed E-state index contributed by atoms with van der Waals surface area (Å²) < 4.78 is 7.04. The Morgan fingerprint density at radius 2 is 2.08 bits per heavy atom. The molecule has 0 unspecified atom stereocenters. The fourth-order valence-electron chi connectivity index (χ4n) is 3.63. The number of aromatic nitrogens is 1. The summed E-state index contributed by atoms with van der Waals surface area (Å²) in [6, 6.07) is 5.70. The number of methoxy groups -OCH3 is 1. The van der Waals surface area contributed by atoms with E-state index in [0.717, 1.165) is 31.2 Å². The molecule has 1 aromatic heterocycles. The van der Waals surface area contributed by atoms with Crippen molar-refractivity contribution in [1.29, 1.82) is 0 Å². The molecule has 3 rings (SSSR count). The van der Waals surface area contributed by atoms with Gasteiger partial charge in [0.05, 0.1) is 12.6 Å². The highest BCUT2D eigenvalue weighted by Gasteiger charge is 2.17. The first-order valence-electron chi connectivity index (χ1n) is 9.62. The summed E-state index contributed by atoms with van der Waals surface area (Å²) in [4.78, 5) is 17.6. The van der Waals surface area contributed by atoms with Crippen molar-refractivity contribution < 1.29 is 9.84 Å². The van der Waals surface area contributed by atoms with Gasteiger partial charge in [-0.05, 0) is 37.5 Å². The van der Waals surface area contributed by atoms with Gasteiger partial charge >= 0.3 is 0 Å². The predicted molar refractivity (Wildman–Crippen MR) is 106 cm³/mol. The second kappa shape index (κ2) is 8.39. The summed E-state index contributed by atoms with van der Waals surface area (Å²) in [5.41, 5.74) is 0.845. The van der Waals surface area contributed by atoms with Crippen LogP contribution in [-0.4, -0.2) is 29.0 Å². The zero-order valence-corrected chi connectivity index (χ0v) is 15.7. The smallest absolute Gasteiger partial charge is 0.263 e. The highest BCUT2D eigenvalue weighted by atomic mass is 16.5. The number of aromatic hydroxyl groups is 1. The lowest BCUT2D eigenvalue weighted by atomic mass is 9.96. The van der Waals surface area contributed by atoms with E-state index >= 15 is 0 Å². The van der Waals surface area contributed by atoms with Crippen LogP contribution in [0.15, 0.2) is 28.0 Å². The molecule has 0 amide bonds. The first kappa shape index (κ1) is 18.5. The number of rotatable bonds is 6. The van der Waals surface area contributed by atoms with E-state index in [-0.39, 0.29) is 22.9 Å². The van der Waals surface area contributed by atoms with E-state index in [1.165, 1.54) is 19.3 Å². The summed E-state index contributed by atoms with van der Waals surface area (Å²) in [6.07, 6.45) is 9.24. The number of fused-ring (bicyclic) bond motifs is 1. The van der Waals surface area contributed by atoms with Gasteiger partial charge in [0, 0.05) is 24.2 Å². The zero-order valence-electron chi connectivity index (χ0n) is 15.7. The van der Waals surface area contributed by atoms with Crippen molar-refractivity contribution in [3.05, 3.63) is 34.1 Å². The van der Waals surface area contributed by atoms with Crippen molar-refractivity contribution in [2.45, 2.75) is 64.5 Å². The van der Waals surface area contributed by atoms with Gasteiger partial charge in [-0.15, -0.1) is 0 Å². The van der Waals surface area contributed by atoms with Crippen LogP contribution >= 0.6 is 0 Å². The fraction of sp³-hybridized carbons (Fsp3) is 0.524. The third kappa shape index (κ3) is 3.76. The third-order valence-electron chi connectivity index (χ3n) is 5.20. The van der Waals surface area contributed by atoms with Crippen molar-refractivity contribution in [2.75, 3.05) is 7.11 Å². The van der Waals surface area contributed by atoms with E-state index in [2.05, 4.69) is 11.9 Å². The SMILES string of the molecule is CCCCn1c(=O)c(C=NC2CCCCC2)c(O)c2cc(OC)ccc21. The highest BCUT2D eigenvalue weighted by Crippen LogP contribution is 2.30. The molecule has 0 atom stereocenters. The molecule has 1 aromatic carbocycles. The maximum atomic E-state index is 13.0. The minimum absolute atomic E-state index is 0.00351. The third-order valence-corrected chi connectivity index (χ3v) is 5.20. The first-order valence-corrected chi connectivity index (χ1v) is 9.62. The predicted octanol–water partition coefficient (Wildman–Crippen LogP) is 4.27. The Bertz CT molecular complexity index is 848. The van der Waals surface area contributed by atoms with Crippen molar-refractivity contribution in [2.24, 2.45) is 4.99 Å². The lowest BCUT2D eigenvalue weighted by Crippen LogP contribution is -2.25. The number of nitrogens with zero attached hydrogens (tertiary/aromatic N) is 2. The van der Waals surface area contributed by atoms with Crippen molar-refractivity contribution in [1.82, 2.24) is 4.57 Å². The monoisotopic (exact) mass is 356 g/mol. The molecule has 1 aliphatic rings. The van der Waals surface area contributed by atoms with Gasteiger partial charge in [0.25, 0.3) is 5.56 Å². The largest absolute Gasteiger partial charge is 0.506 e. The molecule has 1 aliphatic carbocycles. The Balaban J connectivity index is 2.11. The average molecular weight is 356 g/mol. The summed E-state index contributed by atoms with van der Waals surface area (Å²) in [5.74, 6) is 0.653. The van der Waals surface area contributed by atoms with Crippen LogP contribution in [0.2, 0.25) is 0 Å². The molecular formula is C21H28N2O3. The van der Waals surface area contributed by atoms with Crippen LogP contribution in [0.5, 0.6) is 11.5 Å². The molecule has 1 heterocycles. The van der Waals surface area contributed by atoms with E-state index in [0.29, 0.717) is 17.7 Å². The molecule has 140 valence electrons. The maximum Gasteiger partial charge on any atom is 0.263 e.